The average Bonchev–Trinajstić information content (AvgIpc) is 2.55. The summed E-state index contributed by atoms with van der Waals surface area (Å²) in [5.74, 6) is 4.94. The van der Waals surface area contributed by atoms with Crippen molar-refractivity contribution in [2.24, 2.45) is 23.7 Å². The van der Waals surface area contributed by atoms with Gasteiger partial charge in [0.1, 0.15) is 0 Å². The summed E-state index contributed by atoms with van der Waals surface area (Å²) >= 11 is 0. The lowest BCUT2D eigenvalue weighted by Gasteiger charge is -2.54. The molecule has 0 heterocycles. The Morgan fingerprint density at radius 1 is 0.727 bits per heavy atom. The number of hydrogen-bond donors (Lipinski definition) is 0. The molecule has 0 atom stereocenters. The van der Waals surface area contributed by atoms with Crippen molar-refractivity contribution >= 4 is 0 Å². The Balaban J connectivity index is 1.44. The van der Waals surface area contributed by atoms with Gasteiger partial charge in [-0.15, -0.1) is 0 Å². The minimum atomic E-state index is 0.851. The van der Waals surface area contributed by atoms with Gasteiger partial charge in [-0.25, -0.2) is 0 Å². The van der Waals surface area contributed by atoms with Gasteiger partial charge >= 0.3 is 0 Å². The van der Waals surface area contributed by atoms with Crippen molar-refractivity contribution in [1.82, 2.24) is 0 Å². The zero-order chi connectivity index (χ0) is 14.5. The quantitative estimate of drug-likeness (QED) is 0.665. The standard InChI is InChI=1S/C22H23/c1-2-4-17(5-3-1)18-6-8-19(9-7-18)22-20-11-15-10-16(13-20)14-21(22)12-15/h1-2,4-9,15-16,20-22H,10-14H2. The van der Waals surface area contributed by atoms with Gasteiger partial charge in [0, 0.05) is 0 Å². The lowest BCUT2D eigenvalue weighted by Crippen LogP contribution is -2.43. The van der Waals surface area contributed by atoms with Crippen LogP contribution in [-0.2, 0) is 0 Å². The highest BCUT2D eigenvalue weighted by molar-refractivity contribution is 5.63. The summed E-state index contributed by atoms with van der Waals surface area (Å²) in [5.41, 5.74) is 4.21. The molecule has 0 spiro atoms. The Kier molecular flexibility index (Phi) is 2.93. The van der Waals surface area contributed by atoms with Gasteiger partial charge in [0.25, 0.3) is 0 Å². The molecule has 0 heteroatoms. The maximum absolute atomic E-state index is 3.18. The van der Waals surface area contributed by atoms with Gasteiger partial charge in [-0.2, -0.15) is 0 Å². The molecule has 2 aromatic carbocycles. The van der Waals surface area contributed by atoms with E-state index in [-0.39, 0.29) is 0 Å². The van der Waals surface area contributed by atoms with Gasteiger partial charge in [0.15, 0.2) is 0 Å². The summed E-state index contributed by atoms with van der Waals surface area (Å²) < 4.78 is 0. The lowest BCUT2D eigenvalue weighted by atomic mass is 9.51. The van der Waals surface area contributed by atoms with Crippen LogP contribution in [0.5, 0.6) is 0 Å². The van der Waals surface area contributed by atoms with E-state index in [1.165, 1.54) is 36.8 Å². The van der Waals surface area contributed by atoms with Crippen LogP contribution in [0.15, 0.2) is 48.5 Å². The summed E-state index contributed by atoms with van der Waals surface area (Å²) in [7, 11) is 0. The van der Waals surface area contributed by atoms with Gasteiger partial charge in [0.2, 0.25) is 0 Å². The predicted molar refractivity (Wildman–Crippen MR) is 90.5 cm³/mol. The van der Waals surface area contributed by atoms with Gasteiger partial charge in [-0.1, -0.05) is 42.5 Å². The lowest BCUT2D eigenvalue weighted by molar-refractivity contribution is -0.00277. The molecular weight excluding hydrogens is 264 g/mol. The fourth-order valence-electron chi connectivity index (χ4n) is 5.94. The molecule has 4 saturated carbocycles. The van der Waals surface area contributed by atoms with Crippen LogP contribution < -0.4 is 0 Å². The highest BCUT2D eigenvalue weighted by Crippen LogP contribution is 2.59. The molecular formula is C22H23. The van der Waals surface area contributed by atoms with E-state index >= 15 is 0 Å². The SMILES string of the molecule is [c]1cccc(-c2ccc(C3C4CC5CC(C4)CC3C5)cc2)c1. The molecule has 4 fully saturated rings. The average molecular weight is 287 g/mol. The molecule has 4 bridgehead atoms. The molecule has 0 aromatic heterocycles. The molecule has 0 aliphatic heterocycles. The summed E-state index contributed by atoms with van der Waals surface area (Å²) in [6.45, 7) is 0. The molecule has 0 saturated heterocycles. The first kappa shape index (κ1) is 12.9. The Bertz CT molecular complexity index is 624. The minimum absolute atomic E-state index is 0.851. The third-order valence-electron chi connectivity index (χ3n) is 6.56. The van der Waals surface area contributed by atoms with E-state index < -0.39 is 0 Å². The van der Waals surface area contributed by atoms with Crippen molar-refractivity contribution < 1.29 is 0 Å². The van der Waals surface area contributed by atoms with Crippen molar-refractivity contribution in [2.75, 3.05) is 0 Å². The topological polar surface area (TPSA) is 0 Å². The highest BCUT2D eigenvalue weighted by Gasteiger charge is 2.48. The van der Waals surface area contributed by atoms with Crippen LogP contribution in [0.25, 0.3) is 11.1 Å². The summed E-state index contributed by atoms with van der Waals surface area (Å²) in [6.07, 6.45) is 7.57. The highest BCUT2D eigenvalue weighted by atomic mass is 14.5. The van der Waals surface area contributed by atoms with Crippen molar-refractivity contribution in [3.63, 3.8) is 0 Å². The Morgan fingerprint density at radius 3 is 2.00 bits per heavy atom. The third-order valence-corrected chi connectivity index (χ3v) is 6.56. The van der Waals surface area contributed by atoms with Crippen LogP contribution >= 0.6 is 0 Å². The molecule has 0 N–H and O–H groups in total. The Hall–Kier alpha value is -1.56. The molecule has 22 heavy (non-hydrogen) atoms. The monoisotopic (exact) mass is 287 g/mol. The largest absolute Gasteiger partial charge is 0.0610 e. The molecule has 0 amide bonds. The second kappa shape index (κ2) is 4.98. The van der Waals surface area contributed by atoms with E-state index in [4.69, 9.17) is 0 Å². The second-order valence-corrected chi connectivity index (χ2v) is 7.87. The van der Waals surface area contributed by atoms with Crippen LogP contribution in [-0.4, -0.2) is 0 Å². The molecule has 0 nitrogen and oxygen atoms in total. The second-order valence-electron chi connectivity index (χ2n) is 7.87. The number of rotatable bonds is 2. The fourth-order valence-corrected chi connectivity index (χ4v) is 5.94. The number of benzene rings is 2. The van der Waals surface area contributed by atoms with Crippen molar-refractivity contribution in [2.45, 2.75) is 38.0 Å². The van der Waals surface area contributed by atoms with Crippen LogP contribution in [0.2, 0.25) is 0 Å². The van der Waals surface area contributed by atoms with Crippen LogP contribution in [0.4, 0.5) is 0 Å². The van der Waals surface area contributed by atoms with Crippen molar-refractivity contribution in [3.8, 4) is 11.1 Å². The number of hydrogen-bond acceptors (Lipinski definition) is 0. The minimum Gasteiger partial charge on any atom is -0.0610 e. The molecule has 6 rings (SSSR count). The zero-order valence-corrected chi connectivity index (χ0v) is 13.0. The fraction of sp³-hybridized carbons (Fsp3) is 0.455. The first-order valence-electron chi connectivity index (χ1n) is 8.93. The van der Waals surface area contributed by atoms with Crippen molar-refractivity contribution in [1.29, 1.82) is 0 Å². The van der Waals surface area contributed by atoms with E-state index in [0.717, 1.165) is 29.6 Å². The summed E-state index contributed by atoms with van der Waals surface area (Å²) in [5, 5.41) is 0. The molecule has 2 aromatic rings. The predicted octanol–water partition coefficient (Wildman–Crippen LogP) is 5.69. The maximum Gasteiger partial charge on any atom is -0.0105 e. The molecule has 1 radical (unpaired) electrons. The molecule has 4 aliphatic rings. The third kappa shape index (κ3) is 2.04. The van der Waals surface area contributed by atoms with Crippen LogP contribution in [0, 0.1) is 29.7 Å². The van der Waals surface area contributed by atoms with E-state index in [1.807, 2.05) is 6.07 Å². The first-order valence-corrected chi connectivity index (χ1v) is 8.93. The maximum atomic E-state index is 3.18. The van der Waals surface area contributed by atoms with Gasteiger partial charge in [0.05, 0.1) is 0 Å². The van der Waals surface area contributed by atoms with Gasteiger partial charge in [-0.3, -0.25) is 0 Å². The normalized spacial score (nSPS) is 35.7. The van der Waals surface area contributed by atoms with Gasteiger partial charge < -0.3 is 0 Å². The molecule has 111 valence electrons. The van der Waals surface area contributed by atoms with Crippen LogP contribution in [0.3, 0.4) is 0 Å². The van der Waals surface area contributed by atoms with Crippen molar-refractivity contribution in [3.05, 3.63) is 60.2 Å². The first-order chi connectivity index (χ1) is 10.9. The van der Waals surface area contributed by atoms with E-state index in [2.05, 4.69) is 48.5 Å². The molecule has 4 aliphatic carbocycles. The summed E-state index contributed by atoms with van der Waals surface area (Å²) in [4.78, 5) is 0. The molecule has 0 unspecified atom stereocenters. The van der Waals surface area contributed by atoms with E-state index in [0.29, 0.717) is 0 Å². The Labute approximate surface area is 133 Å². The Morgan fingerprint density at radius 2 is 1.41 bits per heavy atom. The smallest absolute Gasteiger partial charge is 0.0105 e. The van der Waals surface area contributed by atoms with E-state index in [1.54, 1.807) is 12.0 Å². The summed E-state index contributed by atoms with van der Waals surface area (Å²) in [6, 6.07) is 20.9. The van der Waals surface area contributed by atoms with E-state index in [9.17, 15) is 0 Å². The van der Waals surface area contributed by atoms with Crippen LogP contribution in [0.1, 0.15) is 43.6 Å². The van der Waals surface area contributed by atoms with Gasteiger partial charge in [-0.05, 0) is 90.5 Å². The zero-order valence-electron chi connectivity index (χ0n) is 13.0.